The van der Waals surface area contributed by atoms with Gasteiger partial charge < -0.3 is 15.0 Å². The number of ether oxygens (including phenoxy) is 1. The Kier molecular flexibility index (Phi) is 4.84. The van der Waals surface area contributed by atoms with E-state index >= 15 is 0 Å². The van der Waals surface area contributed by atoms with Crippen molar-refractivity contribution < 1.29 is 14.3 Å². The van der Waals surface area contributed by atoms with E-state index in [1.807, 2.05) is 0 Å². The van der Waals surface area contributed by atoms with Crippen LogP contribution in [0.15, 0.2) is 24.3 Å². The third kappa shape index (κ3) is 3.63. The molecule has 1 saturated heterocycles. The molecule has 0 radical (unpaired) electrons. The topological polar surface area (TPSA) is 58.6 Å². The van der Waals surface area contributed by atoms with Crippen molar-refractivity contribution in [3.05, 3.63) is 29.3 Å². The lowest BCUT2D eigenvalue weighted by atomic mass is 10.3. The molecule has 6 heteroatoms. The Hall–Kier alpha value is -1.75. The summed E-state index contributed by atoms with van der Waals surface area (Å²) < 4.78 is 5.60. The van der Waals surface area contributed by atoms with E-state index in [0.717, 1.165) is 0 Å². The first kappa shape index (κ1) is 14.7. The van der Waals surface area contributed by atoms with Crippen molar-refractivity contribution in [3.63, 3.8) is 0 Å². The minimum atomic E-state index is -0.636. The molecular formula is C14H17ClN2O3. The van der Waals surface area contributed by atoms with Crippen LogP contribution < -0.4 is 10.1 Å². The van der Waals surface area contributed by atoms with Gasteiger partial charge in [-0.15, -0.1) is 0 Å². The molecule has 1 aliphatic rings. The zero-order valence-corrected chi connectivity index (χ0v) is 12.0. The van der Waals surface area contributed by atoms with Crippen LogP contribution in [0.25, 0.3) is 0 Å². The number of nitrogens with zero attached hydrogens (tertiary/aromatic N) is 1. The second kappa shape index (κ2) is 6.61. The minimum absolute atomic E-state index is 0.0278. The fourth-order valence-electron chi connectivity index (χ4n) is 2.03. The van der Waals surface area contributed by atoms with Crippen molar-refractivity contribution in [1.29, 1.82) is 0 Å². The molecule has 2 rings (SSSR count). The summed E-state index contributed by atoms with van der Waals surface area (Å²) in [5.41, 5.74) is 0. The van der Waals surface area contributed by atoms with Gasteiger partial charge in [0.25, 0.3) is 5.91 Å². The second-order valence-electron chi connectivity index (χ2n) is 4.62. The molecule has 1 aromatic rings. The van der Waals surface area contributed by atoms with Gasteiger partial charge in [-0.1, -0.05) is 23.7 Å². The highest BCUT2D eigenvalue weighted by atomic mass is 35.5. The van der Waals surface area contributed by atoms with Crippen LogP contribution in [-0.4, -0.2) is 42.5 Å². The molecule has 20 heavy (non-hydrogen) atoms. The summed E-state index contributed by atoms with van der Waals surface area (Å²) in [6, 6.07) is 7.03. The highest BCUT2D eigenvalue weighted by Gasteiger charge is 2.24. The van der Waals surface area contributed by atoms with Crippen molar-refractivity contribution in [3.8, 4) is 5.75 Å². The summed E-state index contributed by atoms with van der Waals surface area (Å²) >= 11 is 6.00. The molecule has 1 N–H and O–H groups in total. The first-order chi connectivity index (χ1) is 9.58. The smallest absolute Gasteiger partial charge is 0.263 e. The van der Waals surface area contributed by atoms with E-state index in [9.17, 15) is 9.59 Å². The van der Waals surface area contributed by atoms with Gasteiger partial charge in [-0.05, 0) is 19.1 Å². The zero-order valence-electron chi connectivity index (χ0n) is 11.3. The summed E-state index contributed by atoms with van der Waals surface area (Å²) in [5, 5.41) is 3.20. The Morgan fingerprint density at radius 3 is 2.90 bits per heavy atom. The van der Waals surface area contributed by atoms with Crippen molar-refractivity contribution in [2.24, 2.45) is 0 Å². The molecular weight excluding hydrogens is 280 g/mol. The lowest BCUT2D eigenvalue weighted by molar-refractivity contribution is -0.137. The maximum atomic E-state index is 12.3. The normalized spacial score (nSPS) is 17.1. The highest BCUT2D eigenvalue weighted by Crippen LogP contribution is 2.24. The van der Waals surface area contributed by atoms with Gasteiger partial charge in [0, 0.05) is 26.1 Å². The van der Waals surface area contributed by atoms with Crippen LogP contribution >= 0.6 is 11.6 Å². The number of amides is 2. The minimum Gasteiger partial charge on any atom is -0.479 e. The van der Waals surface area contributed by atoms with Crippen molar-refractivity contribution in [1.82, 2.24) is 10.2 Å². The summed E-state index contributed by atoms with van der Waals surface area (Å²) in [6.07, 6.45) is -0.312. The van der Waals surface area contributed by atoms with Gasteiger partial charge in [0.2, 0.25) is 5.91 Å². The molecule has 1 unspecified atom stereocenters. The number of rotatable bonds is 3. The number of halogens is 1. The van der Waals surface area contributed by atoms with E-state index in [-0.39, 0.29) is 11.8 Å². The molecule has 1 aromatic carbocycles. The zero-order chi connectivity index (χ0) is 14.5. The number of carbonyl (C=O) groups excluding carboxylic acids is 2. The Morgan fingerprint density at radius 1 is 1.40 bits per heavy atom. The first-order valence-corrected chi connectivity index (χ1v) is 6.92. The lowest BCUT2D eigenvalue weighted by Crippen LogP contribution is -2.42. The van der Waals surface area contributed by atoms with Crippen LogP contribution in [0.3, 0.4) is 0 Å². The number of hydrogen-bond donors (Lipinski definition) is 1. The maximum Gasteiger partial charge on any atom is 0.263 e. The second-order valence-corrected chi connectivity index (χ2v) is 5.02. The van der Waals surface area contributed by atoms with Crippen LogP contribution in [0.1, 0.15) is 13.3 Å². The Morgan fingerprint density at radius 2 is 2.15 bits per heavy atom. The average Bonchev–Trinajstić information content (AvgIpc) is 2.65. The monoisotopic (exact) mass is 296 g/mol. The Balaban J connectivity index is 1.98. The third-order valence-corrected chi connectivity index (χ3v) is 3.42. The standard InChI is InChI=1S/C14H17ClN2O3/c1-10(20-12-5-3-2-4-11(12)15)14(19)17-8-6-13(18)16-7-9-17/h2-5,10H,6-9H2,1H3,(H,16,18). The van der Waals surface area contributed by atoms with Crippen molar-refractivity contribution >= 4 is 23.4 Å². The predicted octanol–water partition coefficient (Wildman–Crippen LogP) is 1.46. The molecule has 1 fully saturated rings. The van der Waals surface area contributed by atoms with E-state index in [1.165, 1.54) is 0 Å². The van der Waals surface area contributed by atoms with Gasteiger partial charge in [-0.2, -0.15) is 0 Å². The van der Waals surface area contributed by atoms with Crippen LogP contribution in [0.2, 0.25) is 5.02 Å². The van der Waals surface area contributed by atoms with Crippen LogP contribution in [0.4, 0.5) is 0 Å². The van der Waals surface area contributed by atoms with E-state index in [1.54, 1.807) is 36.1 Å². The molecule has 0 spiro atoms. The van der Waals surface area contributed by atoms with Gasteiger partial charge in [-0.25, -0.2) is 0 Å². The van der Waals surface area contributed by atoms with Gasteiger partial charge in [0.1, 0.15) is 5.75 Å². The van der Waals surface area contributed by atoms with Crippen molar-refractivity contribution in [2.45, 2.75) is 19.4 Å². The first-order valence-electron chi connectivity index (χ1n) is 6.54. The predicted molar refractivity (Wildman–Crippen MR) is 75.7 cm³/mol. The third-order valence-electron chi connectivity index (χ3n) is 3.11. The summed E-state index contributed by atoms with van der Waals surface area (Å²) in [7, 11) is 0. The molecule has 108 valence electrons. The molecule has 0 bridgehead atoms. The fraction of sp³-hybridized carbons (Fsp3) is 0.429. The number of hydrogen-bond acceptors (Lipinski definition) is 3. The number of benzene rings is 1. The molecule has 5 nitrogen and oxygen atoms in total. The van der Waals surface area contributed by atoms with Crippen LogP contribution in [0.5, 0.6) is 5.75 Å². The van der Waals surface area contributed by atoms with E-state index in [0.29, 0.717) is 36.8 Å². The summed E-state index contributed by atoms with van der Waals surface area (Å²) in [6.45, 7) is 3.08. The van der Waals surface area contributed by atoms with E-state index in [2.05, 4.69) is 5.32 Å². The van der Waals surface area contributed by atoms with Gasteiger partial charge in [0.05, 0.1) is 5.02 Å². The fourth-order valence-corrected chi connectivity index (χ4v) is 2.21. The molecule has 0 aromatic heterocycles. The molecule has 1 aliphatic heterocycles. The molecule has 0 saturated carbocycles. The number of nitrogens with one attached hydrogen (secondary N) is 1. The summed E-state index contributed by atoms with van der Waals surface area (Å²) in [5.74, 6) is 0.320. The largest absolute Gasteiger partial charge is 0.479 e. The average molecular weight is 297 g/mol. The highest BCUT2D eigenvalue weighted by molar-refractivity contribution is 6.32. The molecule has 1 atom stereocenters. The van der Waals surface area contributed by atoms with Crippen molar-refractivity contribution in [2.75, 3.05) is 19.6 Å². The van der Waals surface area contributed by atoms with Crippen LogP contribution in [0, 0.1) is 0 Å². The summed E-state index contributed by atoms with van der Waals surface area (Å²) in [4.78, 5) is 25.2. The Bertz CT molecular complexity index is 507. The Labute approximate surface area is 122 Å². The maximum absolute atomic E-state index is 12.3. The molecule has 0 aliphatic carbocycles. The quantitative estimate of drug-likeness (QED) is 0.918. The lowest BCUT2D eigenvalue weighted by Gasteiger charge is -2.24. The molecule has 1 heterocycles. The number of carbonyl (C=O) groups is 2. The van der Waals surface area contributed by atoms with Crippen LogP contribution in [-0.2, 0) is 9.59 Å². The van der Waals surface area contributed by atoms with E-state index in [4.69, 9.17) is 16.3 Å². The van der Waals surface area contributed by atoms with Gasteiger partial charge in [-0.3, -0.25) is 9.59 Å². The molecule has 2 amide bonds. The van der Waals surface area contributed by atoms with Gasteiger partial charge in [0.15, 0.2) is 6.10 Å². The van der Waals surface area contributed by atoms with Gasteiger partial charge >= 0.3 is 0 Å². The SMILES string of the molecule is CC(Oc1ccccc1Cl)C(=O)N1CCNC(=O)CC1. The van der Waals surface area contributed by atoms with E-state index < -0.39 is 6.10 Å². The number of para-hydroxylation sites is 1.